The maximum absolute atomic E-state index is 12.5. The summed E-state index contributed by atoms with van der Waals surface area (Å²) in [4.78, 5) is 24.4. The number of fused-ring (bicyclic) bond motifs is 2. The van der Waals surface area contributed by atoms with Gasteiger partial charge in [0.25, 0.3) is 0 Å². The van der Waals surface area contributed by atoms with Crippen molar-refractivity contribution in [3.63, 3.8) is 0 Å². The second kappa shape index (κ2) is 7.48. The molecular formula is C23H20Br2O2. The maximum atomic E-state index is 12.5. The maximum Gasteiger partial charge on any atom is 0.173 e. The molecule has 0 saturated heterocycles. The van der Waals surface area contributed by atoms with Crippen molar-refractivity contribution in [2.24, 2.45) is 0 Å². The van der Waals surface area contributed by atoms with Crippen molar-refractivity contribution in [3.05, 3.63) is 64.7 Å². The Bertz CT molecular complexity index is 936. The summed E-state index contributed by atoms with van der Waals surface area (Å²) in [6.07, 6.45) is 9.19. The average Bonchev–Trinajstić information content (AvgIpc) is 3.35. The van der Waals surface area contributed by atoms with E-state index in [9.17, 15) is 9.59 Å². The third-order valence-corrected chi connectivity index (χ3v) is 6.89. The number of carbonyl (C=O) groups excluding carboxylic acids is 2. The molecule has 0 aliphatic heterocycles. The van der Waals surface area contributed by atoms with E-state index in [0.29, 0.717) is 16.2 Å². The summed E-state index contributed by atoms with van der Waals surface area (Å²) in [6, 6.07) is 11.9. The van der Waals surface area contributed by atoms with Gasteiger partial charge < -0.3 is 0 Å². The van der Waals surface area contributed by atoms with E-state index in [1.54, 1.807) is 0 Å². The lowest BCUT2D eigenvalue weighted by atomic mass is 9.76. The van der Waals surface area contributed by atoms with Crippen molar-refractivity contribution in [3.8, 4) is 11.1 Å². The molecule has 0 N–H and O–H groups in total. The zero-order valence-electron chi connectivity index (χ0n) is 14.9. The summed E-state index contributed by atoms with van der Waals surface area (Å²) >= 11 is 6.55. The minimum atomic E-state index is 0.0532. The lowest BCUT2D eigenvalue weighted by molar-refractivity contribution is 0.101. The van der Waals surface area contributed by atoms with Gasteiger partial charge in [-0.25, -0.2) is 0 Å². The van der Waals surface area contributed by atoms with E-state index in [1.165, 1.54) is 24.0 Å². The average molecular weight is 488 g/mol. The van der Waals surface area contributed by atoms with Gasteiger partial charge in [-0.15, -0.1) is 0 Å². The number of halogens is 2. The lowest BCUT2D eigenvalue weighted by Crippen LogP contribution is -2.19. The summed E-state index contributed by atoms with van der Waals surface area (Å²) in [6.45, 7) is 0. The molecule has 1 fully saturated rings. The molecule has 2 aliphatic carbocycles. The molecule has 0 heterocycles. The van der Waals surface area contributed by atoms with Crippen molar-refractivity contribution >= 4 is 49.5 Å². The van der Waals surface area contributed by atoms with Crippen LogP contribution < -0.4 is 0 Å². The van der Waals surface area contributed by atoms with Crippen molar-refractivity contribution in [1.82, 2.24) is 0 Å². The number of benzene rings is 2. The molecule has 0 aromatic heterocycles. The quantitative estimate of drug-likeness (QED) is 0.363. The van der Waals surface area contributed by atoms with E-state index in [1.807, 2.05) is 30.3 Å². The Kier molecular flexibility index (Phi) is 5.21. The number of Topliss-reactive ketones (excluding diaryl/α,β-unsaturated/α-hetero) is 2. The summed E-state index contributed by atoms with van der Waals surface area (Å²) in [7, 11) is 0. The van der Waals surface area contributed by atoms with Gasteiger partial charge in [0, 0.05) is 16.5 Å². The van der Waals surface area contributed by atoms with E-state index in [-0.39, 0.29) is 17.0 Å². The highest BCUT2D eigenvalue weighted by atomic mass is 79.9. The fourth-order valence-corrected chi connectivity index (χ4v) is 5.17. The summed E-state index contributed by atoms with van der Waals surface area (Å²) in [5.41, 5.74) is 6.23. The predicted octanol–water partition coefficient (Wildman–Crippen LogP) is 6.35. The highest BCUT2D eigenvalue weighted by Gasteiger charge is 2.40. The summed E-state index contributed by atoms with van der Waals surface area (Å²) in [5, 5.41) is 0.668. The minimum Gasteiger partial charge on any atom is -0.293 e. The zero-order chi connectivity index (χ0) is 19.0. The fourth-order valence-electron chi connectivity index (χ4n) is 4.55. The van der Waals surface area contributed by atoms with E-state index >= 15 is 0 Å². The molecule has 2 aromatic carbocycles. The highest BCUT2D eigenvalue weighted by Crippen LogP contribution is 2.52. The molecule has 1 saturated carbocycles. The third-order valence-electron chi connectivity index (χ3n) is 5.87. The molecule has 0 unspecified atom stereocenters. The highest BCUT2D eigenvalue weighted by molar-refractivity contribution is 9.09. The minimum absolute atomic E-state index is 0.0532. The second-order valence-electron chi connectivity index (χ2n) is 7.34. The molecule has 27 heavy (non-hydrogen) atoms. The SMILES string of the molecule is O=C(CBr)c1ccc(-c2ccc(C(=O)CBr)c3c2C2(C=C3)CCCC2)cc1. The van der Waals surface area contributed by atoms with Crippen LogP contribution in [0.2, 0.25) is 0 Å². The lowest BCUT2D eigenvalue weighted by Gasteiger charge is -2.27. The molecule has 0 atom stereocenters. The van der Waals surface area contributed by atoms with Crippen LogP contribution in [0, 0.1) is 0 Å². The Morgan fingerprint density at radius 2 is 1.56 bits per heavy atom. The molecule has 0 amide bonds. The Labute approximate surface area is 176 Å². The Morgan fingerprint density at radius 3 is 2.19 bits per heavy atom. The molecule has 0 bridgehead atoms. The van der Waals surface area contributed by atoms with Crippen LogP contribution in [0.3, 0.4) is 0 Å². The molecule has 4 heteroatoms. The molecule has 1 spiro atoms. The van der Waals surface area contributed by atoms with Gasteiger partial charge in [-0.1, -0.05) is 93.3 Å². The predicted molar refractivity (Wildman–Crippen MR) is 117 cm³/mol. The molecule has 2 nitrogen and oxygen atoms in total. The van der Waals surface area contributed by atoms with Crippen LogP contribution in [0.5, 0.6) is 0 Å². The molecule has 2 aromatic rings. The van der Waals surface area contributed by atoms with E-state index in [4.69, 9.17) is 0 Å². The van der Waals surface area contributed by atoms with Crippen molar-refractivity contribution in [2.75, 3.05) is 10.7 Å². The van der Waals surface area contributed by atoms with Crippen LogP contribution in [-0.2, 0) is 5.41 Å². The van der Waals surface area contributed by atoms with Gasteiger partial charge in [0.1, 0.15) is 0 Å². The van der Waals surface area contributed by atoms with Crippen molar-refractivity contribution in [1.29, 1.82) is 0 Å². The first-order valence-electron chi connectivity index (χ1n) is 9.25. The Hall–Kier alpha value is -1.52. The van der Waals surface area contributed by atoms with Crippen LogP contribution in [0.1, 0.15) is 57.5 Å². The van der Waals surface area contributed by atoms with E-state index < -0.39 is 0 Å². The molecule has 4 rings (SSSR count). The van der Waals surface area contributed by atoms with Crippen LogP contribution in [0.4, 0.5) is 0 Å². The monoisotopic (exact) mass is 486 g/mol. The second-order valence-corrected chi connectivity index (χ2v) is 8.46. The number of ketones is 2. The van der Waals surface area contributed by atoms with Gasteiger partial charge in [0.15, 0.2) is 11.6 Å². The number of allylic oxidation sites excluding steroid dienone is 1. The number of carbonyl (C=O) groups is 2. The first-order chi connectivity index (χ1) is 13.1. The first-order valence-corrected chi connectivity index (χ1v) is 11.5. The van der Waals surface area contributed by atoms with Crippen molar-refractivity contribution in [2.45, 2.75) is 31.1 Å². The summed E-state index contributed by atoms with van der Waals surface area (Å²) < 4.78 is 0. The van der Waals surface area contributed by atoms with E-state index in [2.05, 4.69) is 50.1 Å². The van der Waals surface area contributed by atoms with Crippen LogP contribution in [-0.4, -0.2) is 22.2 Å². The molecule has 0 radical (unpaired) electrons. The topological polar surface area (TPSA) is 34.1 Å². The largest absolute Gasteiger partial charge is 0.293 e. The fraction of sp³-hybridized carbons (Fsp3) is 0.304. The van der Waals surface area contributed by atoms with Gasteiger partial charge >= 0.3 is 0 Å². The molecule has 138 valence electrons. The number of hydrogen-bond donors (Lipinski definition) is 0. The van der Waals surface area contributed by atoms with E-state index in [0.717, 1.165) is 29.5 Å². The molecule has 2 aliphatic rings. The zero-order valence-corrected chi connectivity index (χ0v) is 18.1. The number of rotatable bonds is 5. The van der Waals surface area contributed by atoms with Gasteiger partial charge in [-0.2, -0.15) is 0 Å². The Balaban J connectivity index is 1.86. The van der Waals surface area contributed by atoms with Gasteiger partial charge in [0.2, 0.25) is 0 Å². The third kappa shape index (κ3) is 3.17. The van der Waals surface area contributed by atoms with Gasteiger partial charge in [-0.3, -0.25) is 9.59 Å². The number of alkyl halides is 2. The number of hydrogen-bond acceptors (Lipinski definition) is 2. The van der Waals surface area contributed by atoms with Crippen LogP contribution in [0.15, 0.2) is 42.5 Å². The van der Waals surface area contributed by atoms with Crippen molar-refractivity contribution < 1.29 is 9.59 Å². The Morgan fingerprint density at radius 1 is 0.889 bits per heavy atom. The first kappa shape index (κ1) is 18.8. The summed E-state index contributed by atoms with van der Waals surface area (Å²) in [5.74, 6) is 0.203. The normalized spacial score (nSPS) is 16.7. The standard InChI is InChI=1S/C23H20Br2O2/c24-13-20(26)16-5-3-15(4-6-16)17-7-8-18(21(27)14-25)19-9-12-23(22(17)19)10-1-2-11-23/h3-9,12H,1-2,10-11,13-14H2. The molecular weight excluding hydrogens is 468 g/mol. The van der Waals surface area contributed by atoms with Gasteiger partial charge in [-0.05, 0) is 35.1 Å². The van der Waals surface area contributed by atoms with Gasteiger partial charge in [0.05, 0.1) is 10.7 Å². The smallest absolute Gasteiger partial charge is 0.173 e. The van der Waals surface area contributed by atoms with Crippen LogP contribution in [0.25, 0.3) is 17.2 Å². The van der Waals surface area contributed by atoms with Crippen LogP contribution >= 0.6 is 31.9 Å².